The summed E-state index contributed by atoms with van der Waals surface area (Å²) >= 11 is 0. The van der Waals surface area contributed by atoms with Crippen LogP contribution in [-0.4, -0.2) is 18.0 Å². The molecule has 0 saturated heterocycles. The molecule has 1 aromatic rings. The summed E-state index contributed by atoms with van der Waals surface area (Å²) in [5, 5.41) is 2.67. The predicted octanol–water partition coefficient (Wildman–Crippen LogP) is 0.861. The normalized spacial score (nSPS) is 13.8. The standard InChI is InChI=1S/C12H14FN3O2/c13-9-3-1-8(2-4-9)7-11(17)15-16-12(18)14-10-5-6-10/h1-4,10H,5-7H2,(H,15,17)(H2,14,16,18). The van der Waals surface area contributed by atoms with Crippen molar-refractivity contribution in [2.24, 2.45) is 0 Å². The van der Waals surface area contributed by atoms with Crippen LogP contribution in [-0.2, 0) is 11.2 Å². The highest BCUT2D eigenvalue weighted by Gasteiger charge is 2.23. The molecule has 1 aromatic carbocycles. The van der Waals surface area contributed by atoms with Crippen LogP contribution >= 0.6 is 0 Å². The van der Waals surface area contributed by atoms with Crippen molar-refractivity contribution in [1.82, 2.24) is 16.2 Å². The Morgan fingerprint density at radius 2 is 1.83 bits per heavy atom. The molecular weight excluding hydrogens is 237 g/mol. The maximum Gasteiger partial charge on any atom is 0.333 e. The summed E-state index contributed by atoms with van der Waals surface area (Å²) in [5.41, 5.74) is 5.22. The van der Waals surface area contributed by atoms with E-state index in [1.807, 2.05) is 0 Å². The molecule has 5 nitrogen and oxygen atoms in total. The second kappa shape index (κ2) is 5.48. The Hall–Kier alpha value is -2.11. The lowest BCUT2D eigenvalue weighted by atomic mass is 10.1. The maximum absolute atomic E-state index is 12.6. The zero-order valence-corrected chi connectivity index (χ0v) is 9.70. The number of benzene rings is 1. The molecule has 0 heterocycles. The molecule has 0 unspecified atom stereocenters. The summed E-state index contributed by atoms with van der Waals surface area (Å²) in [5.74, 6) is -0.700. The second-order valence-electron chi connectivity index (χ2n) is 4.22. The SMILES string of the molecule is O=C(Cc1ccc(F)cc1)NNC(=O)NC1CC1. The van der Waals surface area contributed by atoms with Gasteiger partial charge in [-0.05, 0) is 30.5 Å². The molecule has 6 heteroatoms. The third-order valence-corrected chi connectivity index (χ3v) is 2.51. The first kappa shape index (κ1) is 12.3. The van der Waals surface area contributed by atoms with Crippen LogP contribution < -0.4 is 16.2 Å². The molecule has 1 fully saturated rings. The number of carbonyl (C=O) groups excluding carboxylic acids is 2. The van der Waals surface area contributed by atoms with Crippen molar-refractivity contribution < 1.29 is 14.0 Å². The van der Waals surface area contributed by atoms with E-state index in [1.54, 1.807) is 0 Å². The molecule has 3 amide bonds. The number of hydrazine groups is 1. The molecular formula is C12H14FN3O2. The minimum Gasteiger partial charge on any atom is -0.334 e. The van der Waals surface area contributed by atoms with E-state index in [2.05, 4.69) is 16.2 Å². The van der Waals surface area contributed by atoms with E-state index in [1.165, 1.54) is 24.3 Å². The first-order chi connectivity index (χ1) is 8.63. The molecule has 3 N–H and O–H groups in total. The predicted molar refractivity (Wildman–Crippen MR) is 62.9 cm³/mol. The first-order valence-corrected chi connectivity index (χ1v) is 5.73. The van der Waals surface area contributed by atoms with Crippen molar-refractivity contribution in [2.75, 3.05) is 0 Å². The van der Waals surface area contributed by atoms with Gasteiger partial charge in [-0.1, -0.05) is 12.1 Å². The van der Waals surface area contributed by atoms with Gasteiger partial charge in [-0.25, -0.2) is 14.6 Å². The Labute approximate surface area is 104 Å². The van der Waals surface area contributed by atoms with Gasteiger partial charge in [-0.3, -0.25) is 10.2 Å². The van der Waals surface area contributed by atoms with Crippen LogP contribution in [0.1, 0.15) is 18.4 Å². The molecule has 0 atom stereocenters. The van der Waals surface area contributed by atoms with E-state index in [4.69, 9.17) is 0 Å². The average Bonchev–Trinajstić information content (AvgIpc) is 3.13. The average molecular weight is 251 g/mol. The van der Waals surface area contributed by atoms with Crippen molar-refractivity contribution in [3.63, 3.8) is 0 Å². The lowest BCUT2D eigenvalue weighted by molar-refractivity contribution is -0.121. The minimum atomic E-state index is -0.412. The summed E-state index contributed by atoms with van der Waals surface area (Å²) < 4.78 is 12.6. The van der Waals surface area contributed by atoms with Gasteiger partial charge in [0.05, 0.1) is 6.42 Å². The first-order valence-electron chi connectivity index (χ1n) is 5.73. The fraction of sp³-hybridized carbons (Fsp3) is 0.333. The number of halogens is 1. The van der Waals surface area contributed by atoms with E-state index >= 15 is 0 Å². The molecule has 1 aliphatic carbocycles. The zero-order chi connectivity index (χ0) is 13.0. The van der Waals surface area contributed by atoms with Gasteiger partial charge in [0.25, 0.3) is 0 Å². The van der Waals surface area contributed by atoms with Gasteiger partial charge >= 0.3 is 6.03 Å². The maximum atomic E-state index is 12.6. The number of amides is 3. The number of hydrogen-bond donors (Lipinski definition) is 3. The number of carbonyl (C=O) groups is 2. The zero-order valence-electron chi connectivity index (χ0n) is 9.70. The van der Waals surface area contributed by atoms with E-state index < -0.39 is 6.03 Å². The van der Waals surface area contributed by atoms with Crippen molar-refractivity contribution in [2.45, 2.75) is 25.3 Å². The Balaban J connectivity index is 1.70. The summed E-state index contributed by atoms with van der Waals surface area (Å²) in [7, 11) is 0. The monoisotopic (exact) mass is 251 g/mol. The molecule has 1 aliphatic rings. The van der Waals surface area contributed by atoms with Gasteiger partial charge in [-0.15, -0.1) is 0 Å². The van der Waals surface area contributed by atoms with Crippen molar-refractivity contribution in [3.8, 4) is 0 Å². The van der Waals surface area contributed by atoms with Crippen molar-refractivity contribution in [1.29, 1.82) is 0 Å². The highest BCUT2D eigenvalue weighted by molar-refractivity contribution is 5.82. The van der Waals surface area contributed by atoms with Gasteiger partial charge < -0.3 is 5.32 Å². The smallest absolute Gasteiger partial charge is 0.333 e. The summed E-state index contributed by atoms with van der Waals surface area (Å²) in [6.45, 7) is 0. The third kappa shape index (κ3) is 4.04. The fourth-order valence-corrected chi connectivity index (χ4v) is 1.41. The summed E-state index contributed by atoms with van der Waals surface area (Å²) in [6, 6.07) is 5.45. The van der Waals surface area contributed by atoms with E-state index in [-0.39, 0.29) is 24.2 Å². The fourth-order valence-electron chi connectivity index (χ4n) is 1.41. The number of urea groups is 1. The van der Waals surface area contributed by atoms with Crippen LogP contribution in [0.2, 0.25) is 0 Å². The largest absolute Gasteiger partial charge is 0.334 e. The Bertz CT molecular complexity index is 443. The Morgan fingerprint density at radius 3 is 2.44 bits per heavy atom. The Morgan fingerprint density at radius 1 is 1.17 bits per heavy atom. The van der Waals surface area contributed by atoms with Crippen LogP contribution in [0.15, 0.2) is 24.3 Å². The van der Waals surface area contributed by atoms with Crippen LogP contribution in [0.4, 0.5) is 9.18 Å². The molecule has 96 valence electrons. The summed E-state index contributed by atoms with van der Waals surface area (Å²) in [4.78, 5) is 22.7. The molecule has 0 aliphatic heterocycles. The molecule has 0 aromatic heterocycles. The number of hydrogen-bond acceptors (Lipinski definition) is 2. The van der Waals surface area contributed by atoms with Gasteiger partial charge in [-0.2, -0.15) is 0 Å². The highest BCUT2D eigenvalue weighted by atomic mass is 19.1. The van der Waals surface area contributed by atoms with Crippen LogP contribution in [0.25, 0.3) is 0 Å². The van der Waals surface area contributed by atoms with Crippen molar-refractivity contribution in [3.05, 3.63) is 35.6 Å². The lowest BCUT2D eigenvalue weighted by Gasteiger charge is -2.08. The highest BCUT2D eigenvalue weighted by Crippen LogP contribution is 2.17. The molecule has 0 radical (unpaired) electrons. The number of rotatable bonds is 3. The van der Waals surface area contributed by atoms with Crippen LogP contribution in [0.5, 0.6) is 0 Å². The van der Waals surface area contributed by atoms with E-state index in [0.717, 1.165) is 12.8 Å². The third-order valence-electron chi connectivity index (χ3n) is 2.51. The molecule has 1 saturated carbocycles. The minimum absolute atomic E-state index is 0.0873. The quantitative estimate of drug-likeness (QED) is 0.697. The van der Waals surface area contributed by atoms with E-state index in [9.17, 15) is 14.0 Å². The Kier molecular flexibility index (Phi) is 3.76. The van der Waals surface area contributed by atoms with Crippen molar-refractivity contribution >= 4 is 11.9 Å². The van der Waals surface area contributed by atoms with Gasteiger partial charge in [0.15, 0.2) is 0 Å². The van der Waals surface area contributed by atoms with Crippen LogP contribution in [0, 0.1) is 5.82 Å². The van der Waals surface area contributed by atoms with E-state index in [0.29, 0.717) is 5.56 Å². The number of nitrogens with one attached hydrogen (secondary N) is 3. The topological polar surface area (TPSA) is 70.2 Å². The molecule has 0 spiro atoms. The summed E-state index contributed by atoms with van der Waals surface area (Å²) in [6.07, 6.45) is 2.05. The lowest BCUT2D eigenvalue weighted by Crippen LogP contribution is -2.48. The van der Waals surface area contributed by atoms with Gasteiger partial charge in [0.2, 0.25) is 5.91 Å². The second-order valence-corrected chi connectivity index (χ2v) is 4.22. The molecule has 18 heavy (non-hydrogen) atoms. The van der Waals surface area contributed by atoms with Gasteiger partial charge in [0.1, 0.15) is 5.82 Å². The molecule has 2 rings (SSSR count). The van der Waals surface area contributed by atoms with Crippen LogP contribution in [0.3, 0.4) is 0 Å². The molecule has 0 bridgehead atoms. The van der Waals surface area contributed by atoms with Gasteiger partial charge in [0, 0.05) is 6.04 Å².